The Labute approximate surface area is 169 Å². The number of hydrogen-bond donors (Lipinski definition) is 1. The summed E-state index contributed by atoms with van der Waals surface area (Å²) in [5.74, 6) is 1.66. The molecule has 7 heteroatoms. The summed E-state index contributed by atoms with van der Waals surface area (Å²) < 4.78 is 9.69. The molecule has 1 aliphatic heterocycles. The molecule has 4 heterocycles. The van der Waals surface area contributed by atoms with Gasteiger partial charge in [0.15, 0.2) is 11.6 Å². The lowest BCUT2D eigenvalue weighted by Crippen LogP contribution is -2.26. The van der Waals surface area contributed by atoms with Crippen molar-refractivity contribution < 1.29 is 4.74 Å². The molecule has 148 valence electrons. The molecule has 3 aromatic heterocycles. The second kappa shape index (κ2) is 7.67. The summed E-state index contributed by atoms with van der Waals surface area (Å²) in [6.07, 6.45) is 7.83. The Bertz CT molecular complexity index is 1070. The van der Waals surface area contributed by atoms with E-state index in [0.717, 1.165) is 47.9 Å². The summed E-state index contributed by atoms with van der Waals surface area (Å²) in [4.78, 5) is 8.28. The Kier molecular flexibility index (Phi) is 4.73. The summed E-state index contributed by atoms with van der Waals surface area (Å²) in [6, 6.07) is 14.7. The van der Waals surface area contributed by atoms with Gasteiger partial charge in [-0.3, -0.25) is 4.68 Å². The molecule has 0 spiro atoms. The van der Waals surface area contributed by atoms with Crippen molar-refractivity contribution in [3.05, 3.63) is 66.9 Å². The number of nitrogens with one attached hydrogen (secondary N) is 1. The number of hydrogen-bond acceptors (Lipinski definition) is 4. The van der Waals surface area contributed by atoms with E-state index in [2.05, 4.69) is 39.9 Å². The van der Waals surface area contributed by atoms with E-state index in [9.17, 15) is 0 Å². The van der Waals surface area contributed by atoms with E-state index in [-0.39, 0.29) is 12.1 Å². The third kappa shape index (κ3) is 3.73. The average Bonchev–Trinajstić information content (AvgIpc) is 3.50. The topological polar surface area (TPSA) is 73.5 Å². The summed E-state index contributed by atoms with van der Waals surface area (Å²) in [7, 11) is 0. The molecule has 5 rings (SSSR count). The highest BCUT2D eigenvalue weighted by Crippen LogP contribution is 2.31. The molecule has 7 nitrogen and oxygen atoms in total. The zero-order valence-electron chi connectivity index (χ0n) is 16.4. The van der Waals surface area contributed by atoms with Gasteiger partial charge in [0.1, 0.15) is 6.54 Å². The fourth-order valence-corrected chi connectivity index (χ4v) is 3.93. The highest BCUT2D eigenvalue weighted by atomic mass is 16.5. The predicted octanol–water partition coefficient (Wildman–Crippen LogP) is 3.93. The van der Waals surface area contributed by atoms with Crippen LogP contribution in [0.3, 0.4) is 0 Å². The van der Waals surface area contributed by atoms with Crippen LogP contribution in [0.1, 0.15) is 31.6 Å². The SMILES string of the molecule is C[C@@H]1C[C@@H](n2nc(Cn3cccn3)nc2-c2c[nH]c(-c3ccccc3)c2)CCO1. The van der Waals surface area contributed by atoms with Crippen molar-refractivity contribution in [2.24, 2.45) is 0 Å². The Morgan fingerprint density at radius 1 is 1.17 bits per heavy atom. The zero-order chi connectivity index (χ0) is 19.6. The van der Waals surface area contributed by atoms with Gasteiger partial charge in [0.05, 0.1) is 12.1 Å². The number of aromatic amines is 1. The average molecular weight is 388 g/mol. The number of rotatable bonds is 5. The highest BCUT2D eigenvalue weighted by molar-refractivity contribution is 5.68. The lowest BCUT2D eigenvalue weighted by Gasteiger charge is -2.28. The van der Waals surface area contributed by atoms with Gasteiger partial charge in [-0.2, -0.15) is 10.2 Å². The minimum atomic E-state index is 0.228. The molecule has 0 saturated carbocycles. The number of benzene rings is 1. The Morgan fingerprint density at radius 2 is 2.07 bits per heavy atom. The van der Waals surface area contributed by atoms with E-state index in [1.807, 2.05) is 41.3 Å². The van der Waals surface area contributed by atoms with Crippen molar-refractivity contribution in [2.75, 3.05) is 6.61 Å². The second-order valence-corrected chi connectivity index (χ2v) is 7.53. The van der Waals surface area contributed by atoms with E-state index < -0.39 is 0 Å². The van der Waals surface area contributed by atoms with Crippen LogP contribution < -0.4 is 0 Å². The van der Waals surface area contributed by atoms with Crippen LogP contribution in [-0.4, -0.2) is 42.2 Å². The van der Waals surface area contributed by atoms with Crippen LogP contribution >= 0.6 is 0 Å². The molecule has 0 bridgehead atoms. The van der Waals surface area contributed by atoms with E-state index in [1.165, 1.54) is 0 Å². The smallest absolute Gasteiger partial charge is 0.172 e. The molecule has 0 unspecified atom stereocenters. The summed E-state index contributed by atoms with van der Waals surface area (Å²) in [5, 5.41) is 9.17. The van der Waals surface area contributed by atoms with Crippen molar-refractivity contribution in [1.29, 1.82) is 0 Å². The summed E-state index contributed by atoms with van der Waals surface area (Å²) in [6.45, 7) is 3.43. The Morgan fingerprint density at radius 3 is 2.86 bits per heavy atom. The predicted molar refractivity (Wildman–Crippen MR) is 110 cm³/mol. The van der Waals surface area contributed by atoms with Crippen LogP contribution in [0.15, 0.2) is 61.1 Å². The second-order valence-electron chi connectivity index (χ2n) is 7.53. The molecule has 1 aromatic carbocycles. The zero-order valence-corrected chi connectivity index (χ0v) is 16.4. The minimum absolute atomic E-state index is 0.228. The molecule has 0 amide bonds. The van der Waals surface area contributed by atoms with Crippen molar-refractivity contribution in [1.82, 2.24) is 29.5 Å². The molecule has 1 N–H and O–H groups in total. The molecule has 1 saturated heterocycles. The monoisotopic (exact) mass is 388 g/mol. The molecular formula is C22H24N6O. The number of ether oxygens (including phenoxy) is 1. The highest BCUT2D eigenvalue weighted by Gasteiger charge is 2.26. The number of nitrogens with zero attached hydrogens (tertiary/aromatic N) is 5. The maximum absolute atomic E-state index is 5.75. The van der Waals surface area contributed by atoms with Crippen molar-refractivity contribution in [3.63, 3.8) is 0 Å². The molecule has 1 fully saturated rings. The standard InChI is InChI=1S/C22H24N6O/c1-16-12-19(8-11-29-16)28-22(25-21(26-28)15-27-10-5-9-24-27)18-13-20(23-14-18)17-6-3-2-4-7-17/h2-7,9-10,13-14,16,19,23H,8,11-12,15H2,1H3/t16-,19+/m1/s1. The van der Waals surface area contributed by atoms with Crippen LogP contribution in [-0.2, 0) is 11.3 Å². The van der Waals surface area contributed by atoms with E-state index in [1.54, 1.807) is 6.20 Å². The quantitative estimate of drug-likeness (QED) is 0.562. The molecule has 29 heavy (non-hydrogen) atoms. The van der Waals surface area contributed by atoms with E-state index in [0.29, 0.717) is 6.54 Å². The van der Waals surface area contributed by atoms with Crippen LogP contribution in [0.2, 0.25) is 0 Å². The van der Waals surface area contributed by atoms with Gasteiger partial charge in [-0.15, -0.1) is 0 Å². The van der Waals surface area contributed by atoms with Crippen LogP contribution in [0.5, 0.6) is 0 Å². The van der Waals surface area contributed by atoms with Gasteiger partial charge in [0.2, 0.25) is 0 Å². The molecular weight excluding hydrogens is 364 g/mol. The first-order valence-corrected chi connectivity index (χ1v) is 10.0. The first kappa shape index (κ1) is 17.9. The van der Waals surface area contributed by atoms with Gasteiger partial charge in [0, 0.05) is 36.5 Å². The van der Waals surface area contributed by atoms with Crippen LogP contribution in [0.25, 0.3) is 22.6 Å². The number of H-pyrrole nitrogens is 1. The Hall–Kier alpha value is -3.19. The van der Waals surface area contributed by atoms with Gasteiger partial charge < -0.3 is 9.72 Å². The van der Waals surface area contributed by atoms with Gasteiger partial charge >= 0.3 is 0 Å². The van der Waals surface area contributed by atoms with Gasteiger partial charge in [0.25, 0.3) is 0 Å². The minimum Gasteiger partial charge on any atom is -0.378 e. The molecule has 0 aliphatic carbocycles. The van der Waals surface area contributed by atoms with E-state index in [4.69, 9.17) is 14.8 Å². The van der Waals surface area contributed by atoms with Gasteiger partial charge in [-0.05, 0) is 37.5 Å². The van der Waals surface area contributed by atoms with E-state index >= 15 is 0 Å². The van der Waals surface area contributed by atoms with Crippen LogP contribution in [0, 0.1) is 0 Å². The van der Waals surface area contributed by atoms with Gasteiger partial charge in [-0.25, -0.2) is 9.67 Å². The van der Waals surface area contributed by atoms with Crippen molar-refractivity contribution in [2.45, 2.75) is 38.5 Å². The fraction of sp³-hybridized carbons (Fsp3) is 0.318. The normalized spacial score (nSPS) is 19.5. The molecule has 4 aromatic rings. The Balaban J connectivity index is 1.52. The summed E-state index contributed by atoms with van der Waals surface area (Å²) >= 11 is 0. The third-order valence-electron chi connectivity index (χ3n) is 5.37. The fourth-order valence-electron chi connectivity index (χ4n) is 3.93. The third-order valence-corrected chi connectivity index (χ3v) is 5.37. The van der Waals surface area contributed by atoms with Crippen molar-refractivity contribution >= 4 is 0 Å². The molecule has 1 aliphatic rings. The first-order valence-electron chi connectivity index (χ1n) is 10.0. The molecule has 0 radical (unpaired) electrons. The lowest BCUT2D eigenvalue weighted by atomic mass is 10.0. The van der Waals surface area contributed by atoms with Crippen molar-refractivity contribution in [3.8, 4) is 22.6 Å². The first-order chi connectivity index (χ1) is 14.3. The maximum atomic E-state index is 5.75. The maximum Gasteiger partial charge on any atom is 0.172 e. The van der Waals surface area contributed by atoms with Gasteiger partial charge in [-0.1, -0.05) is 30.3 Å². The van der Waals surface area contributed by atoms with Crippen LogP contribution in [0.4, 0.5) is 0 Å². The largest absolute Gasteiger partial charge is 0.378 e. The lowest BCUT2D eigenvalue weighted by molar-refractivity contribution is 0.00375. The number of aromatic nitrogens is 6. The summed E-state index contributed by atoms with van der Waals surface area (Å²) in [5.41, 5.74) is 3.27. The molecule has 2 atom stereocenters.